The lowest BCUT2D eigenvalue weighted by atomic mass is 10.2. The van der Waals surface area contributed by atoms with Gasteiger partial charge in [-0.3, -0.25) is 9.59 Å². The molecule has 4 rings (SSSR count). The molecule has 0 bridgehead atoms. The molecule has 16 heteroatoms. The van der Waals surface area contributed by atoms with Gasteiger partial charge in [0.15, 0.2) is 0 Å². The summed E-state index contributed by atoms with van der Waals surface area (Å²) in [6.45, 7) is 8.13. The number of fused-ring (bicyclic) bond motifs is 1. The average molecular weight is 627 g/mol. The second-order valence-electron chi connectivity index (χ2n) is 11.3. The summed E-state index contributed by atoms with van der Waals surface area (Å²) in [4.78, 5) is 49.1. The largest absolute Gasteiger partial charge is 0.444 e. The number of alkyl halides is 3. The summed E-state index contributed by atoms with van der Waals surface area (Å²) < 4.78 is 47.4. The number of anilines is 3. The van der Waals surface area contributed by atoms with Gasteiger partial charge in [-0.15, -0.1) is 5.10 Å². The SMILES string of the molecule is CCc1c(N2CCN(C(=O)OC(C)(C)C)CC2)c(=O)n2nc(N(C)C)nc2n1CC(=O)Nc1ccc(C(F)(F)F)cc1Cl. The topological polar surface area (TPSA) is 117 Å². The van der Waals surface area contributed by atoms with Gasteiger partial charge >= 0.3 is 12.3 Å². The Morgan fingerprint density at radius 3 is 2.30 bits per heavy atom. The van der Waals surface area contributed by atoms with Gasteiger partial charge in [-0.2, -0.15) is 22.7 Å². The summed E-state index contributed by atoms with van der Waals surface area (Å²) in [7, 11) is 3.42. The Labute approximate surface area is 251 Å². The van der Waals surface area contributed by atoms with E-state index in [2.05, 4.69) is 15.4 Å². The standard InChI is InChI=1S/C27H34ClF3N8O4/c1-7-19-21(36-10-12-37(13-11-36)25(42)43-26(2,3)4)22(41)39-24(33-23(34-39)35(5)6)38(19)15-20(40)32-18-9-8-16(14-17(18)28)27(29,30)31/h8-9,14H,7,10-13,15H2,1-6H3,(H,32,40). The summed E-state index contributed by atoms with van der Waals surface area (Å²) >= 11 is 6.05. The lowest BCUT2D eigenvalue weighted by Gasteiger charge is -2.37. The van der Waals surface area contributed by atoms with E-state index in [0.717, 1.165) is 22.7 Å². The van der Waals surface area contributed by atoms with Crippen LogP contribution < -0.4 is 20.7 Å². The van der Waals surface area contributed by atoms with E-state index in [1.165, 1.54) is 0 Å². The maximum absolute atomic E-state index is 13.8. The predicted octanol–water partition coefficient (Wildman–Crippen LogP) is 3.89. The first-order valence-corrected chi connectivity index (χ1v) is 14.0. The van der Waals surface area contributed by atoms with Crippen molar-refractivity contribution in [1.29, 1.82) is 0 Å². The third-order valence-corrected chi connectivity index (χ3v) is 6.98. The number of rotatable bonds is 6. The highest BCUT2D eigenvalue weighted by atomic mass is 35.5. The quantitative estimate of drug-likeness (QED) is 0.438. The van der Waals surface area contributed by atoms with E-state index < -0.39 is 34.9 Å². The third kappa shape index (κ3) is 6.98. The Morgan fingerprint density at radius 2 is 1.77 bits per heavy atom. The van der Waals surface area contributed by atoms with E-state index in [4.69, 9.17) is 16.3 Å². The second kappa shape index (κ2) is 11.9. The molecule has 0 aliphatic carbocycles. The fourth-order valence-corrected chi connectivity index (χ4v) is 4.90. The van der Waals surface area contributed by atoms with Crippen LogP contribution in [-0.4, -0.2) is 81.9 Å². The van der Waals surface area contributed by atoms with Crippen LogP contribution in [0.25, 0.3) is 5.78 Å². The molecule has 43 heavy (non-hydrogen) atoms. The molecule has 1 N–H and O–H groups in total. The van der Waals surface area contributed by atoms with E-state index in [1.54, 1.807) is 49.2 Å². The highest BCUT2D eigenvalue weighted by molar-refractivity contribution is 6.33. The number of carbonyl (C=O) groups excluding carboxylic acids is 2. The lowest BCUT2D eigenvalue weighted by molar-refractivity contribution is -0.137. The van der Waals surface area contributed by atoms with Crippen LogP contribution in [0.2, 0.25) is 5.02 Å². The summed E-state index contributed by atoms with van der Waals surface area (Å²) in [6, 6.07) is 2.65. The first-order valence-electron chi connectivity index (χ1n) is 13.6. The number of piperazine rings is 1. The van der Waals surface area contributed by atoms with Crippen LogP contribution in [0.5, 0.6) is 0 Å². The Kier molecular flexibility index (Phi) is 8.86. The number of nitrogens with one attached hydrogen (secondary N) is 1. The van der Waals surface area contributed by atoms with Crippen molar-refractivity contribution in [2.75, 3.05) is 55.4 Å². The minimum Gasteiger partial charge on any atom is -0.444 e. The van der Waals surface area contributed by atoms with E-state index in [9.17, 15) is 27.6 Å². The number of hydrogen-bond acceptors (Lipinski definition) is 8. The minimum absolute atomic E-state index is 0.00344. The summed E-state index contributed by atoms with van der Waals surface area (Å²) in [5.41, 5.74) is -1.19. The maximum atomic E-state index is 13.8. The van der Waals surface area contributed by atoms with Crippen LogP contribution in [0.15, 0.2) is 23.0 Å². The normalized spacial score (nSPS) is 14.3. The van der Waals surface area contributed by atoms with Crippen molar-refractivity contribution in [3.05, 3.63) is 44.8 Å². The molecule has 0 unspecified atom stereocenters. The molecule has 0 atom stereocenters. The van der Waals surface area contributed by atoms with Crippen LogP contribution >= 0.6 is 11.6 Å². The molecule has 3 heterocycles. The molecule has 0 radical (unpaired) electrons. The molecule has 3 aromatic rings. The molecule has 12 nitrogen and oxygen atoms in total. The van der Waals surface area contributed by atoms with Crippen LogP contribution in [0, 0.1) is 0 Å². The van der Waals surface area contributed by atoms with Gasteiger partial charge in [0.05, 0.1) is 22.0 Å². The van der Waals surface area contributed by atoms with Crippen LogP contribution in [0.4, 0.5) is 35.3 Å². The van der Waals surface area contributed by atoms with Crippen molar-refractivity contribution in [2.45, 2.75) is 52.4 Å². The van der Waals surface area contributed by atoms with Gasteiger partial charge in [0, 0.05) is 40.3 Å². The van der Waals surface area contributed by atoms with E-state index >= 15 is 0 Å². The van der Waals surface area contributed by atoms with Crippen LogP contribution in [0.1, 0.15) is 39.0 Å². The van der Waals surface area contributed by atoms with Gasteiger partial charge in [-0.05, 0) is 45.4 Å². The Morgan fingerprint density at radius 1 is 1.12 bits per heavy atom. The zero-order valence-electron chi connectivity index (χ0n) is 24.8. The van der Waals surface area contributed by atoms with Gasteiger partial charge in [-0.1, -0.05) is 18.5 Å². The lowest BCUT2D eigenvalue weighted by Crippen LogP contribution is -2.51. The average Bonchev–Trinajstić information content (AvgIpc) is 3.36. The molecule has 1 aliphatic heterocycles. The third-order valence-electron chi connectivity index (χ3n) is 6.67. The van der Waals surface area contributed by atoms with E-state index in [-0.39, 0.29) is 29.0 Å². The number of amides is 2. The predicted molar refractivity (Wildman–Crippen MR) is 156 cm³/mol. The van der Waals surface area contributed by atoms with Gasteiger partial charge in [0.25, 0.3) is 5.56 Å². The van der Waals surface area contributed by atoms with Gasteiger partial charge < -0.3 is 29.3 Å². The number of carbonyl (C=O) groups is 2. The number of benzene rings is 1. The molecule has 1 aliphatic rings. The summed E-state index contributed by atoms with van der Waals surface area (Å²) in [6.07, 6.45) is -4.69. The fourth-order valence-electron chi connectivity index (χ4n) is 4.67. The summed E-state index contributed by atoms with van der Waals surface area (Å²) in [5, 5.41) is 6.64. The minimum atomic E-state index is -4.59. The monoisotopic (exact) mass is 626 g/mol. The van der Waals surface area contributed by atoms with Crippen LogP contribution in [0.3, 0.4) is 0 Å². The number of hydrogen-bond donors (Lipinski definition) is 1. The Hall–Kier alpha value is -4.01. The first-order chi connectivity index (χ1) is 20.0. The fraction of sp³-hybridized carbons (Fsp3) is 0.519. The molecule has 2 aromatic heterocycles. The van der Waals surface area contributed by atoms with E-state index in [1.807, 2.05) is 11.8 Å². The van der Waals surface area contributed by atoms with Crippen molar-refractivity contribution >= 4 is 46.7 Å². The Bertz CT molecular complexity index is 1590. The Balaban J connectivity index is 1.69. The molecule has 1 saturated heterocycles. The molecular weight excluding hydrogens is 593 g/mol. The molecule has 1 fully saturated rings. The highest BCUT2D eigenvalue weighted by Crippen LogP contribution is 2.34. The zero-order valence-corrected chi connectivity index (χ0v) is 25.5. The number of aromatic nitrogens is 4. The van der Waals surface area contributed by atoms with Gasteiger partial charge in [0.1, 0.15) is 17.8 Å². The summed E-state index contributed by atoms with van der Waals surface area (Å²) in [5.74, 6) is -0.238. The molecular formula is C27H34ClF3N8O4. The van der Waals surface area contributed by atoms with Crippen molar-refractivity contribution in [1.82, 2.24) is 24.1 Å². The molecule has 0 saturated carbocycles. The number of halogens is 4. The number of nitrogens with zero attached hydrogens (tertiary/aromatic N) is 7. The highest BCUT2D eigenvalue weighted by Gasteiger charge is 2.32. The first kappa shape index (κ1) is 31.9. The van der Waals surface area contributed by atoms with Crippen LogP contribution in [-0.2, 0) is 28.7 Å². The van der Waals surface area contributed by atoms with Gasteiger partial charge in [-0.25, -0.2) is 4.79 Å². The van der Waals surface area contributed by atoms with Crippen molar-refractivity contribution in [2.24, 2.45) is 0 Å². The second-order valence-corrected chi connectivity index (χ2v) is 11.7. The van der Waals surface area contributed by atoms with Gasteiger partial charge in [0.2, 0.25) is 17.6 Å². The smallest absolute Gasteiger partial charge is 0.416 e. The van der Waals surface area contributed by atoms with Crippen molar-refractivity contribution in [3.8, 4) is 0 Å². The zero-order chi connectivity index (χ0) is 31.9. The number of ether oxygens (including phenoxy) is 1. The molecule has 0 spiro atoms. The van der Waals surface area contributed by atoms with E-state index in [0.29, 0.717) is 44.0 Å². The molecule has 2 amide bonds. The molecule has 234 valence electrons. The van der Waals surface area contributed by atoms with Crippen molar-refractivity contribution in [3.63, 3.8) is 0 Å². The van der Waals surface area contributed by atoms with Crippen molar-refractivity contribution < 1.29 is 27.5 Å². The maximum Gasteiger partial charge on any atom is 0.416 e. The molecule has 1 aromatic carbocycles.